The highest BCUT2D eigenvalue weighted by Gasteiger charge is 2.95. The number of ether oxygens (including phenoxy) is 2. The fourth-order valence-corrected chi connectivity index (χ4v) is 2.53. The van der Waals surface area contributed by atoms with E-state index in [1.165, 1.54) is 0 Å². The third-order valence-corrected chi connectivity index (χ3v) is 4.90. The molecule has 0 bridgehead atoms. The first-order chi connectivity index (χ1) is 16.6. The number of benzene rings is 1. The Morgan fingerprint density at radius 2 is 1.05 bits per heavy atom. The van der Waals surface area contributed by atoms with E-state index in [2.05, 4.69) is 21.1 Å². The van der Waals surface area contributed by atoms with Gasteiger partial charge in [-0.05, 0) is 23.7 Å². The number of halogens is 17. The van der Waals surface area contributed by atoms with E-state index in [0.29, 0.717) is 6.07 Å². The van der Waals surface area contributed by atoms with Crippen molar-refractivity contribution in [2.75, 3.05) is 19.5 Å². The van der Waals surface area contributed by atoms with E-state index in [1.807, 2.05) is 0 Å². The molecule has 0 aliphatic carbocycles. The summed E-state index contributed by atoms with van der Waals surface area (Å²) in [5.41, 5.74) is -1.07. The van der Waals surface area contributed by atoms with Crippen LogP contribution in [-0.2, 0) is 4.79 Å². The molecule has 21 heteroatoms. The van der Waals surface area contributed by atoms with Gasteiger partial charge in [0.25, 0.3) is 0 Å². The first kappa shape index (κ1) is 33.5. The highest BCUT2D eigenvalue weighted by Crippen LogP contribution is 2.64. The molecule has 1 N–H and O–H groups in total. The molecule has 1 aromatic rings. The van der Waals surface area contributed by atoms with Crippen LogP contribution in [-0.4, -0.2) is 67.0 Å². The monoisotopic (exact) mass is 615 g/mol. The topological polar surface area (TPSA) is 47.6 Å². The Balaban J connectivity index is 3.60. The molecule has 1 aromatic carbocycles. The predicted molar refractivity (Wildman–Crippen MR) is 93.6 cm³/mol. The number of anilines is 1. The number of hydrogen-bond donors (Lipinski definition) is 1. The van der Waals surface area contributed by atoms with E-state index in [1.54, 1.807) is 0 Å². The van der Waals surface area contributed by atoms with Gasteiger partial charge in [0.2, 0.25) is 0 Å². The fraction of sp³-hybridized carbons (Fsp3) is 0.588. The van der Waals surface area contributed by atoms with Crippen LogP contribution in [0.5, 0.6) is 11.5 Å². The highest BCUT2D eigenvalue weighted by atomic mass is 35.5. The molecule has 0 radical (unpaired) electrons. The molecule has 1 amide bonds. The SMILES string of the molecule is COc1ccc(NC(=O)C(F)(F)C(F)(F)C(F)(F)C(F)(F)C(F)(F)C(F)(F)C(F)(F)C(F)(F)Cl)c(OC)c1. The van der Waals surface area contributed by atoms with Gasteiger partial charge in [0.05, 0.1) is 19.9 Å². The van der Waals surface area contributed by atoms with Gasteiger partial charge in [0.15, 0.2) is 0 Å². The van der Waals surface area contributed by atoms with Crippen LogP contribution in [0.4, 0.5) is 75.9 Å². The molecule has 0 saturated carbocycles. The van der Waals surface area contributed by atoms with Crippen molar-refractivity contribution >= 4 is 23.2 Å². The van der Waals surface area contributed by atoms with Crippen LogP contribution in [0.1, 0.15) is 0 Å². The molecule has 1 rings (SSSR count). The van der Waals surface area contributed by atoms with Crippen LogP contribution >= 0.6 is 11.6 Å². The van der Waals surface area contributed by atoms with Crippen LogP contribution in [0.15, 0.2) is 18.2 Å². The summed E-state index contributed by atoms with van der Waals surface area (Å²) in [6.45, 7) is 0. The van der Waals surface area contributed by atoms with Crippen molar-refractivity contribution in [3.8, 4) is 11.5 Å². The van der Waals surface area contributed by atoms with Gasteiger partial charge in [0.1, 0.15) is 11.5 Å². The van der Waals surface area contributed by atoms with E-state index in [4.69, 9.17) is 0 Å². The lowest BCUT2D eigenvalue weighted by atomic mass is 9.89. The van der Waals surface area contributed by atoms with Gasteiger partial charge in [-0.3, -0.25) is 4.79 Å². The summed E-state index contributed by atoms with van der Waals surface area (Å²) in [4.78, 5) is 11.6. The molecule has 0 spiro atoms. The molecule has 0 atom stereocenters. The maximum absolute atomic E-state index is 14.0. The summed E-state index contributed by atoms with van der Waals surface area (Å²) in [5, 5.41) is -6.08. The summed E-state index contributed by atoms with van der Waals surface area (Å²) >= 11 is 3.44. The molecule has 38 heavy (non-hydrogen) atoms. The minimum atomic E-state index is -8.67. The van der Waals surface area contributed by atoms with E-state index in [0.717, 1.165) is 31.7 Å². The van der Waals surface area contributed by atoms with Crippen LogP contribution < -0.4 is 14.8 Å². The average Bonchev–Trinajstić information content (AvgIpc) is 2.77. The van der Waals surface area contributed by atoms with Gasteiger partial charge in [-0.1, -0.05) is 0 Å². The lowest BCUT2D eigenvalue weighted by molar-refractivity contribution is -0.445. The molecule has 0 heterocycles. The van der Waals surface area contributed by atoms with E-state index in [9.17, 15) is 75.0 Å². The van der Waals surface area contributed by atoms with Gasteiger partial charge in [-0.2, -0.15) is 70.2 Å². The van der Waals surface area contributed by atoms with Crippen LogP contribution in [0, 0.1) is 0 Å². The van der Waals surface area contributed by atoms with Crippen molar-refractivity contribution < 1.29 is 84.5 Å². The number of carbonyl (C=O) groups is 1. The van der Waals surface area contributed by atoms with Crippen molar-refractivity contribution in [2.24, 2.45) is 0 Å². The van der Waals surface area contributed by atoms with Crippen molar-refractivity contribution in [2.45, 2.75) is 46.8 Å². The zero-order chi connectivity index (χ0) is 30.6. The lowest BCUT2D eigenvalue weighted by Gasteiger charge is -2.42. The maximum Gasteiger partial charge on any atom is 0.393 e. The maximum atomic E-state index is 14.0. The van der Waals surface area contributed by atoms with E-state index >= 15 is 0 Å². The summed E-state index contributed by atoms with van der Waals surface area (Å²) in [7, 11) is 1.81. The fourth-order valence-electron chi connectivity index (χ4n) is 2.41. The number of alkyl halides is 17. The third kappa shape index (κ3) is 4.61. The Bertz CT molecular complexity index is 1040. The molecule has 0 aliphatic heterocycles. The lowest BCUT2D eigenvalue weighted by Crippen LogP contribution is -2.75. The number of carbonyl (C=O) groups excluding carboxylic acids is 1. The molecular weight excluding hydrogens is 606 g/mol. The van der Waals surface area contributed by atoms with Crippen molar-refractivity contribution in [1.82, 2.24) is 0 Å². The zero-order valence-electron chi connectivity index (χ0n) is 17.9. The number of nitrogens with one attached hydrogen (secondary N) is 1. The Kier molecular flexibility index (Phi) is 8.44. The first-order valence-electron chi connectivity index (χ1n) is 8.88. The van der Waals surface area contributed by atoms with Crippen LogP contribution in [0.25, 0.3) is 0 Å². The molecular formula is C17H10ClF16NO3. The molecule has 0 unspecified atom stereocenters. The summed E-state index contributed by atoms with van der Waals surface area (Å²) in [5.74, 6) is -61.8. The quantitative estimate of drug-likeness (QED) is 0.217. The second-order valence-electron chi connectivity index (χ2n) is 7.04. The van der Waals surface area contributed by atoms with Crippen molar-refractivity contribution in [1.29, 1.82) is 0 Å². The number of rotatable bonds is 11. The summed E-state index contributed by atoms with van der Waals surface area (Å²) in [6.07, 6.45) is 0. The Morgan fingerprint density at radius 1 is 0.658 bits per heavy atom. The van der Waals surface area contributed by atoms with Crippen LogP contribution in [0.2, 0.25) is 0 Å². The molecule has 0 aliphatic rings. The summed E-state index contributed by atoms with van der Waals surface area (Å²) < 4.78 is 225. The van der Waals surface area contributed by atoms with Gasteiger partial charge in [0, 0.05) is 6.07 Å². The number of methoxy groups -OCH3 is 2. The molecule has 0 saturated heterocycles. The Morgan fingerprint density at radius 3 is 1.42 bits per heavy atom. The first-order valence-corrected chi connectivity index (χ1v) is 9.26. The minimum absolute atomic E-state index is 0.148. The number of amides is 1. The number of hydrogen-bond acceptors (Lipinski definition) is 3. The zero-order valence-corrected chi connectivity index (χ0v) is 18.6. The second-order valence-corrected chi connectivity index (χ2v) is 7.51. The second kappa shape index (κ2) is 9.58. The Hall–Kier alpha value is -2.54. The van der Waals surface area contributed by atoms with E-state index in [-0.39, 0.29) is 5.75 Å². The van der Waals surface area contributed by atoms with Gasteiger partial charge in [-0.15, -0.1) is 0 Å². The minimum Gasteiger partial charge on any atom is -0.497 e. The largest absolute Gasteiger partial charge is 0.497 e. The molecule has 220 valence electrons. The summed E-state index contributed by atoms with van der Waals surface area (Å²) in [6, 6.07) is 2.12. The normalized spacial score (nSPS) is 14.8. The molecule has 0 fully saturated rings. The van der Waals surface area contributed by atoms with Crippen molar-refractivity contribution in [3.05, 3.63) is 18.2 Å². The van der Waals surface area contributed by atoms with Gasteiger partial charge in [-0.25, -0.2) is 0 Å². The highest BCUT2D eigenvalue weighted by molar-refractivity contribution is 6.22. The average molecular weight is 616 g/mol. The standard InChI is InChI=1S/C17H10ClF16NO3/c1-37-6-3-4-7(8(5-6)38-2)35-9(36)10(19,20)11(21,22)12(23,24)13(25,26)14(27,28)15(29,30)16(31,32)17(18,33)34/h3-5H,1-2H3,(H,35,36). The van der Waals surface area contributed by atoms with Gasteiger partial charge < -0.3 is 14.8 Å². The smallest absolute Gasteiger partial charge is 0.393 e. The van der Waals surface area contributed by atoms with Gasteiger partial charge >= 0.3 is 52.7 Å². The van der Waals surface area contributed by atoms with E-state index < -0.39 is 64.2 Å². The predicted octanol–water partition coefficient (Wildman–Crippen LogP) is 6.92. The third-order valence-electron chi connectivity index (χ3n) is 4.66. The van der Waals surface area contributed by atoms with Crippen molar-refractivity contribution in [3.63, 3.8) is 0 Å². The van der Waals surface area contributed by atoms with Crippen LogP contribution in [0.3, 0.4) is 0 Å². The molecule has 0 aromatic heterocycles. The molecule has 4 nitrogen and oxygen atoms in total. The Labute approximate surface area is 204 Å².